The molecule has 1 N–H and O–H groups in total. The Labute approximate surface area is 154 Å². The molecule has 1 aromatic carbocycles. The van der Waals surface area contributed by atoms with Crippen molar-refractivity contribution in [2.45, 2.75) is 59.4 Å². The van der Waals surface area contributed by atoms with Crippen LogP contribution in [0.3, 0.4) is 0 Å². The summed E-state index contributed by atoms with van der Waals surface area (Å²) in [5.74, 6) is 0.404. The molecule has 0 spiro atoms. The fourth-order valence-corrected chi connectivity index (χ4v) is 3.84. The first-order chi connectivity index (χ1) is 12.4. The summed E-state index contributed by atoms with van der Waals surface area (Å²) in [6, 6.07) is 4.27. The average molecular weight is 356 g/mol. The van der Waals surface area contributed by atoms with Gasteiger partial charge in [0.2, 0.25) is 5.91 Å². The van der Waals surface area contributed by atoms with Crippen molar-refractivity contribution in [1.82, 2.24) is 10.2 Å². The first kappa shape index (κ1) is 18.5. The standard InChI is InChI=1S/C21H28N2O3/c1-13-8-9-18-15(3)20(26-19(18)14(13)2)21(25)23-12-6-5-7-17(23)10-11-22-16(4)24/h8-9,17H,5-7,10-12H2,1-4H3,(H,22,24)/t17-/m1/s1. The number of piperidine rings is 1. The topological polar surface area (TPSA) is 62.6 Å². The molecule has 1 saturated heterocycles. The van der Waals surface area contributed by atoms with Gasteiger partial charge in [-0.15, -0.1) is 0 Å². The van der Waals surface area contributed by atoms with Gasteiger partial charge in [0.15, 0.2) is 5.76 Å². The fourth-order valence-electron chi connectivity index (χ4n) is 3.84. The lowest BCUT2D eigenvalue weighted by atomic mass is 9.98. The van der Waals surface area contributed by atoms with E-state index in [0.29, 0.717) is 12.3 Å². The third-order valence-electron chi connectivity index (χ3n) is 5.56. The minimum atomic E-state index is -0.0299. The van der Waals surface area contributed by atoms with E-state index in [2.05, 4.69) is 18.3 Å². The van der Waals surface area contributed by atoms with Crippen molar-refractivity contribution in [3.8, 4) is 0 Å². The number of carbonyl (C=O) groups is 2. The molecule has 1 aromatic heterocycles. The van der Waals surface area contributed by atoms with E-state index >= 15 is 0 Å². The number of aryl methyl sites for hydroxylation is 3. The highest BCUT2D eigenvalue weighted by molar-refractivity contribution is 6.00. The maximum Gasteiger partial charge on any atom is 0.290 e. The van der Waals surface area contributed by atoms with Crippen molar-refractivity contribution in [3.63, 3.8) is 0 Å². The second-order valence-corrected chi connectivity index (χ2v) is 7.36. The van der Waals surface area contributed by atoms with Crippen LogP contribution in [0.25, 0.3) is 11.0 Å². The number of rotatable bonds is 4. The van der Waals surface area contributed by atoms with Crippen molar-refractivity contribution in [1.29, 1.82) is 0 Å². The Morgan fingerprint density at radius 2 is 1.96 bits per heavy atom. The number of nitrogens with one attached hydrogen (secondary N) is 1. The summed E-state index contributed by atoms with van der Waals surface area (Å²) in [4.78, 5) is 26.3. The molecule has 140 valence electrons. The van der Waals surface area contributed by atoms with Gasteiger partial charge in [-0.25, -0.2) is 0 Å². The van der Waals surface area contributed by atoms with Crippen molar-refractivity contribution < 1.29 is 14.0 Å². The number of benzene rings is 1. The molecule has 5 heteroatoms. The molecule has 1 fully saturated rings. The summed E-state index contributed by atoms with van der Waals surface area (Å²) in [5.41, 5.74) is 3.99. The van der Waals surface area contributed by atoms with E-state index in [4.69, 9.17) is 4.42 Å². The predicted molar refractivity (Wildman–Crippen MR) is 102 cm³/mol. The molecule has 0 aliphatic carbocycles. The van der Waals surface area contributed by atoms with Crippen LogP contribution in [0.4, 0.5) is 0 Å². The summed E-state index contributed by atoms with van der Waals surface area (Å²) in [6.45, 7) is 8.91. The van der Waals surface area contributed by atoms with E-state index in [1.54, 1.807) is 0 Å². The Morgan fingerprint density at radius 1 is 1.19 bits per heavy atom. The van der Waals surface area contributed by atoms with Crippen LogP contribution in [-0.2, 0) is 4.79 Å². The van der Waals surface area contributed by atoms with Crippen LogP contribution in [0.2, 0.25) is 0 Å². The zero-order chi connectivity index (χ0) is 18.8. The highest BCUT2D eigenvalue weighted by Crippen LogP contribution is 2.31. The predicted octanol–water partition coefficient (Wildman–Crippen LogP) is 3.88. The van der Waals surface area contributed by atoms with Crippen LogP contribution < -0.4 is 5.32 Å². The van der Waals surface area contributed by atoms with E-state index in [-0.39, 0.29) is 17.9 Å². The van der Waals surface area contributed by atoms with Gasteiger partial charge >= 0.3 is 0 Å². The summed E-state index contributed by atoms with van der Waals surface area (Å²) in [7, 11) is 0. The van der Waals surface area contributed by atoms with Crippen LogP contribution in [0.15, 0.2) is 16.5 Å². The third-order valence-corrected chi connectivity index (χ3v) is 5.56. The smallest absolute Gasteiger partial charge is 0.290 e. The van der Waals surface area contributed by atoms with Crippen LogP contribution in [-0.4, -0.2) is 35.8 Å². The van der Waals surface area contributed by atoms with E-state index in [1.807, 2.05) is 24.8 Å². The first-order valence-electron chi connectivity index (χ1n) is 9.45. The van der Waals surface area contributed by atoms with Gasteiger partial charge in [-0.3, -0.25) is 9.59 Å². The minimum absolute atomic E-state index is 0.0247. The van der Waals surface area contributed by atoms with E-state index in [1.165, 1.54) is 6.92 Å². The zero-order valence-electron chi connectivity index (χ0n) is 16.1. The maximum atomic E-state index is 13.2. The Balaban J connectivity index is 1.87. The lowest BCUT2D eigenvalue weighted by Crippen LogP contribution is -2.45. The third kappa shape index (κ3) is 3.48. The van der Waals surface area contributed by atoms with Gasteiger partial charge in [0.1, 0.15) is 5.58 Å². The molecular formula is C21H28N2O3. The number of amides is 2. The lowest BCUT2D eigenvalue weighted by molar-refractivity contribution is -0.119. The van der Waals surface area contributed by atoms with Crippen molar-refractivity contribution in [3.05, 3.63) is 34.6 Å². The number of hydrogen-bond acceptors (Lipinski definition) is 3. The highest BCUT2D eigenvalue weighted by Gasteiger charge is 2.31. The number of fused-ring (bicyclic) bond motifs is 1. The number of furan rings is 1. The number of likely N-dealkylation sites (tertiary alicyclic amines) is 1. The van der Waals surface area contributed by atoms with E-state index in [0.717, 1.165) is 59.9 Å². The van der Waals surface area contributed by atoms with Gasteiger partial charge in [-0.1, -0.05) is 12.1 Å². The van der Waals surface area contributed by atoms with Crippen LogP contribution in [0, 0.1) is 20.8 Å². The van der Waals surface area contributed by atoms with Crippen LogP contribution in [0.1, 0.15) is 59.9 Å². The normalized spacial score (nSPS) is 17.5. The second kappa shape index (κ2) is 7.52. The second-order valence-electron chi connectivity index (χ2n) is 7.36. The first-order valence-corrected chi connectivity index (χ1v) is 9.45. The SMILES string of the molecule is CC(=O)NCC[C@H]1CCCCN1C(=O)c1oc2c(C)c(C)ccc2c1C. The van der Waals surface area contributed by atoms with Crippen LogP contribution in [0.5, 0.6) is 0 Å². The number of hydrogen-bond donors (Lipinski definition) is 1. The van der Waals surface area contributed by atoms with Gasteiger partial charge in [0, 0.05) is 37.0 Å². The average Bonchev–Trinajstić information content (AvgIpc) is 2.95. The molecule has 5 nitrogen and oxygen atoms in total. The molecule has 1 aliphatic heterocycles. The lowest BCUT2D eigenvalue weighted by Gasteiger charge is -2.35. The fraction of sp³-hybridized carbons (Fsp3) is 0.524. The molecule has 2 aromatic rings. The molecule has 26 heavy (non-hydrogen) atoms. The van der Waals surface area contributed by atoms with Gasteiger partial charge in [0.25, 0.3) is 5.91 Å². The zero-order valence-corrected chi connectivity index (χ0v) is 16.1. The van der Waals surface area contributed by atoms with Crippen molar-refractivity contribution in [2.24, 2.45) is 0 Å². The minimum Gasteiger partial charge on any atom is -0.450 e. The summed E-state index contributed by atoms with van der Waals surface area (Å²) >= 11 is 0. The molecule has 0 saturated carbocycles. The largest absolute Gasteiger partial charge is 0.450 e. The summed E-state index contributed by atoms with van der Waals surface area (Å²) in [6.07, 6.45) is 3.89. The summed E-state index contributed by atoms with van der Waals surface area (Å²) in [5, 5.41) is 3.86. The molecule has 1 atom stereocenters. The molecule has 2 heterocycles. The molecule has 2 amide bonds. The quantitative estimate of drug-likeness (QED) is 0.904. The highest BCUT2D eigenvalue weighted by atomic mass is 16.3. The molecular weight excluding hydrogens is 328 g/mol. The molecule has 1 aliphatic rings. The van der Waals surface area contributed by atoms with E-state index < -0.39 is 0 Å². The Hall–Kier alpha value is -2.30. The number of nitrogens with zero attached hydrogens (tertiary/aromatic N) is 1. The van der Waals surface area contributed by atoms with Gasteiger partial charge < -0.3 is 14.6 Å². The molecule has 3 rings (SSSR count). The summed E-state index contributed by atoms with van der Waals surface area (Å²) < 4.78 is 6.06. The maximum absolute atomic E-state index is 13.2. The van der Waals surface area contributed by atoms with Gasteiger partial charge in [0.05, 0.1) is 0 Å². The van der Waals surface area contributed by atoms with E-state index in [9.17, 15) is 9.59 Å². The van der Waals surface area contributed by atoms with Gasteiger partial charge in [-0.2, -0.15) is 0 Å². The monoisotopic (exact) mass is 356 g/mol. The van der Waals surface area contributed by atoms with Crippen LogP contribution >= 0.6 is 0 Å². The van der Waals surface area contributed by atoms with Crippen molar-refractivity contribution in [2.75, 3.05) is 13.1 Å². The number of carbonyl (C=O) groups excluding carboxylic acids is 2. The molecule has 0 bridgehead atoms. The Morgan fingerprint density at radius 3 is 2.69 bits per heavy atom. The Kier molecular flexibility index (Phi) is 5.35. The van der Waals surface area contributed by atoms with Gasteiger partial charge in [-0.05, 0) is 57.6 Å². The molecule has 0 unspecified atom stereocenters. The Bertz CT molecular complexity index is 837. The van der Waals surface area contributed by atoms with Crippen molar-refractivity contribution >= 4 is 22.8 Å². The molecule has 0 radical (unpaired) electrons.